The van der Waals surface area contributed by atoms with E-state index in [0.717, 1.165) is 17.7 Å². The number of benzene rings is 1. The molecule has 96 valence electrons. The predicted molar refractivity (Wildman–Crippen MR) is 75.7 cm³/mol. The van der Waals surface area contributed by atoms with Gasteiger partial charge >= 0.3 is 0 Å². The molecule has 0 heterocycles. The Labute approximate surface area is 116 Å². The first-order valence-corrected chi connectivity index (χ1v) is 7.16. The van der Waals surface area contributed by atoms with Crippen molar-refractivity contribution < 1.29 is 9.47 Å². The van der Waals surface area contributed by atoms with Gasteiger partial charge in [-0.2, -0.15) is 0 Å². The van der Waals surface area contributed by atoms with E-state index in [1.54, 1.807) is 0 Å². The van der Waals surface area contributed by atoms with Gasteiger partial charge in [-0.15, -0.1) is 0 Å². The Kier molecular flexibility index (Phi) is 6.14. The molecule has 0 amide bonds. The molecule has 4 heteroatoms. The van der Waals surface area contributed by atoms with E-state index in [4.69, 9.17) is 21.1 Å². The van der Waals surface area contributed by atoms with Crippen LogP contribution >= 0.6 is 27.5 Å². The normalized spacial score (nSPS) is 12.3. The largest absolute Gasteiger partial charge is 0.490 e. The fraction of sp³-hybridized carbons (Fsp3) is 0.538. The van der Waals surface area contributed by atoms with Crippen molar-refractivity contribution in [3.63, 3.8) is 0 Å². The SMILES string of the molecule is CCOc1cc(Cl)c(C(Br)CC)cc1OCC. The van der Waals surface area contributed by atoms with Gasteiger partial charge in [-0.3, -0.25) is 0 Å². The second-order valence-corrected chi connectivity index (χ2v) is 5.07. The van der Waals surface area contributed by atoms with E-state index in [1.807, 2.05) is 26.0 Å². The number of hydrogen-bond donors (Lipinski definition) is 0. The molecule has 0 radical (unpaired) electrons. The number of alkyl halides is 1. The number of ether oxygens (including phenoxy) is 2. The molecule has 0 spiro atoms. The molecule has 0 aliphatic heterocycles. The van der Waals surface area contributed by atoms with Crippen LogP contribution in [0.2, 0.25) is 5.02 Å². The van der Waals surface area contributed by atoms with Crippen molar-refractivity contribution in [1.29, 1.82) is 0 Å². The van der Waals surface area contributed by atoms with Gasteiger partial charge in [0.05, 0.1) is 13.2 Å². The first-order chi connectivity index (χ1) is 8.13. The monoisotopic (exact) mass is 320 g/mol. The quantitative estimate of drug-likeness (QED) is 0.688. The summed E-state index contributed by atoms with van der Waals surface area (Å²) in [4.78, 5) is 0.241. The van der Waals surface area contributed by atoms with E-state index in [9.17, 15) is 0 Å². The van der Waals surface area contributed by atoms with Crippen molar-refractivity contribution in [2.24, 2.45) is 0 Å². The minimum absolute atomic E-state index is 0.241. The second kappa shape index (κ2) is 7.12. The third-order valence-corrected chi connectivity index (χ3v) is 3.83. The van der Waals surface area contributed by atoms with E-state index in [1.165, 1.54) is 0 Å². The first kappa shape index (κ1) is 14.7. The average Bonchev–Trinajstić information content (AvgIpc) is 2.32. The van der Waals surface area contributed by atoms with Gasteiger partial charge < -0.3 is 9.47 Å². The molecule has 2 nitrogen and oxygen atoms in total. The van der Waals surface area contributed by atoms with Crippen LogP contribution in [0.25, 0.3) is 0 Å². The molecule has 0 fully saturated rings. The van der Waals surface area contributed by atoms with E-state index < -0.39 is 0 Å². The van der Waals surface area contributed by atoms with Crippen LogP contribution in [-0.4, -0.2) is 13.2 Å². The van der Waals surface area contributed by atoms with Gasteiger partial charge in [0.2, 0.25) is 0 Å². The van der Waals surface area contributed by atoms with Crippen molar-refractivity contribution in [2.45, 2.75) is 32.0 Å². The van der Waals surface area contributed by atoms with Crippen LogP contribution in [0.4, 0.5) is 0 Å². The van der Waals surface area contributed by atoms with Gasteiger partial charge in [0.15, 0.2) is 11.5 Å². The van der Waals surface area contributed by atoms with Crippen molar-refractivity contribution in [2.75, 3.05) is 13.2 Å². The molecule has 1 rings (SSSR count). The maximum atomic E-state index is 6.25. The molecular formula is C13H18BrClO2. The molecule has 0 saturated heterocycles. The molecule has 1 aromatic rings. The lowest BCUT2D eigenvalue weighted by Crippen LogP contribution is -2.00. The molecule has 1 atom stereocenters. The van der Waals surface area contributed by atoms with Crippen LogP contribution < -0.4 is 9.47 Å². The third kappa shape index (κ3) is 3.78. The summed E-state index contributed by atoms with van der Waals surface area (Å²) in [5, 5.41) is 0.709. The Morgan fingerprint density at radius 3 is 2.12 bits per heavy atom. The van der Waals surface area contributed by atoms with Crippen molar-refractivity contribution in [3.8, 4) is 11.5 Å². The Hall–Kier alpha value is -0.410. The average molecular weight is 322 g/mol. The van der Waals surface area contributed by atoms with Crippen molar-refractivity contribution in [1.82, 2.24) is 0 Å². The summed E-state index contributed by atoms with van der Waals surface area (Å²) in [6.45, 7) is 7.21. The fourth-order valence-corrected chi connectivity index (χ4v) is 2.34. The van der Waals surface area contributed by atoms with Crippen LogP contribution in [0.5, 0.6) is 11.5 Å². The predicted octanol–water partition coefficient (Wildman–Crippen LogP) is 4.98. The molecular weight excluding hydrogens is 303 g/mol. The molecule has 1 aromatic carbocycles. The van der Waals surface area contributed by atoms with Gasteiger partial charge in [-0.05, 0) is 31.9 Å². The zero-order valence-corrected chi connectivity index (χ0v) is 12.8. The van der Waals surface area contributed by atoms with E-state index in [2.05, 4.69) is 22.9 Å². The molecule has 0 saturated carbocycles. The molecule has 0 bridgehead atoms. The second-order valence-electron chi connectivity index (χ2n) is 3.56. The summed E-state index contributed by atoms with van der Waals surface area (Å²) in [6.07, 6.45) is 0.971. The Bertz CT molecular complexity index is 369. The maximum absolute atomic E-state index is 6.25. The van der Waals surface area contributed by atoms with E-state index in [0.29, 0.717) is 24.0 Å². The standard InChI is InChI=1S/C13H18BrClO2/c1-4-10(14)9-7-12(16-5-2)13(17-6-3)8-11(9)15/h7-8,10H,4-6H2,1-3H3. The highest BCUT2D eigenvalue weighted by Crippen LogP contribution is 2.39. The summed E-state index contributed by atoms with van der Waals surface area (Å²) in [6, 6.07) is 3.79. The molecule has 0 aliphatic carbocycles. The van der Waals surface area contributed by atoms with E-state index >= 15 is 0 Å². The summed E-state index contributed by atoms with van der Waals surface area (Å²) in [5.74, 6) is 1.46. The van der Waals surface area contributed by atoms with Crippen molar-refractivity contribution >= 4 is 27.5 Å². The van der Waals surface area contributed by atoms with Crippen LogP contribution in [0.3, 0.4) is 0 Å². The highest BCUT2D eigenvalue weighted by Gasteiger charge is 2.15. The Morgan fingerprint density at radius 2 is 1.65 bits per heavy atom. The summed E-state index contributed by atoms with van der Waals surface area (Å²) in [5.41, 5.74) is 1.04. The molecule has 0 N–H and O–H groups in total. The molecule has 0 aliphatic rings. The minimum atomic E-state index is 0.241. The topological polar surface area (TPSA) is 18.5 Å². The summed E-state index contributed by atoms with van der Waals surface area (Å²) >= 11 is 9.85. The summed E-state index contributed by atoms with van der Waals surface area (Å²) < 4.78 is 11.1. The van der Waals surface area contributed by atoms with Gasteiger partial charge in [0.25, 0.3) is 0 Å². The van der Waals surface area contributed by atoms with Crippen LogP contribution in [0, 0.1) is 0 Å². The van der Waals surface area contributed by atoms with Gasteiger partial charge in [0.1, 0.15) is 0 Å². The highest BCUT2D eigenvalue weighted by atomic mass is 79.9. The Balaban J connectivity index is 3.14. The number of rotatable bonds is 6. The minimum Gasteiger partial charge on any atom is -0.490 e. The lowest BCUT2D eigenvalue weighted by molar-refractivity contribution is 0.287. The maximum Gasteiger partial charge on any atom is 0.162 e. The van der Waals surface area contributed by atoms with Crippen molar-refractivity contribution in [3.05, 3.63) is 22.7 Å². The molecule has 0 aromatic heterocycles. The molecule has 1 unspecified atom stereocenters. The lowest BCUT2D eigenvalue weighted by atomic mass is 10.1. The number of halogens is 2. The van der Waals surface area contributed by atoms with Gasteiger partial charge in [-0.1, -0.05) is 34.5 Å². The zero-order valence-electron chi connectivity index (χ0n) is 10.4. The highest BCUT2D eigenvalue weighted by molar-refractivity contribution is 9.09. The van der Waals surface area contributed by atoms with Crippen LogP contribution in [0.15, 0.2) is 12.1 Å². The smallest absolute Gasteiger partial charge is 0.162 e. The lowest BCUT2D eigenvalue weighted by Gasteiger charge is -2.16. The van der Waals surface area contributed by atoms with E-state index in [-0.39, 0.29) is 4.83 Å². The van der Waals surface area contributed by atoms with Gasteiger partial charge in [0, 0.05) is 15.9 Å². The number of hydrogen-bond acceptors (Lipinski definition) is 2. The van der Waals surface area contributed by atoms with Crippen LogP contribution in [0.1, 0.15) is 37.6 Å². The summed E-state index contributed by atoms with van der Waals surface area (Å²) in [7, 11) is 0. The van der Waals surface area contributed by atoms with Crippen LogP contribution in [-0.2, 0) is 0 Å². The first-order valence-electron chi connectivity index (χ1n) is 5.87. The Morgan fingerprint density at radius 1 is 1.12 bits per heavy atom. The zero-order chi connectivity index (χ0) is 12.8. The fourth-order valence-electron chi connectivity index (χ4n) is 1.55. The third-order valence-electron chi connectivity index (χ3n) is 2.36. The van der Waals surface area contributed by atoms with Gasteiger partial charge in [-0.25, -0.2) is 0 Å². The molecule has 17 heavy (non-hydrogen) atoms.